The lowest BCUT2D eigenvalue weighted by molar-refractivity contribution is -0.385. The van der Waals surface area contributed by atoms with Gasteiger partial charge in [-0.25, -0.2) is 25.3 Å². The summed E-state index contributed by atoms with van der Waals surface area (Å²) in [7, 11) is -12.8. The lowest BCUT2D eigenvalue weighted by Gasteiger charge is -2.34. The number of carboxylic acid groups (broad SMARTS) is 3. The number of benzene rings is 5. The molecule has 0 radical (unpaired) electrons. The molecular weight excluding hydrogens is 1250 g/mol. The number of hydrogen-bond acceptors (Lipinski definition) is 18. The van der Waals surface area contributed by atoms with Crippen molar-refractivity contribution in [3.05, 3.63) is 229 Å². The summed E-state index contributed by atoms with van der Waals surface area (Å²) in [6.07, 6.45) is 0.315. The summed E-state index contributed by atoms with van der Waals surface area (Å²) >= 11 is 0. The van der Waals surface area contributed by atoms with Crippen LogP contribution >= 0.6 is 0 Å². The summed E-state index contributed by atoms with van der Waals surface area (Å²) < 4.78 is 90.2. The molecule has 486 valence electrons. The van der Waals surface area contributed by atoms with E-state index in [1.54, 1.807) is 112 Å². The third kappa shape index (κ3) is 18.3. The second kappa shape index (κ2) is 30.6. The summed E-state index contributed by atoms with van der Waals surface area (Å²) in [4.78, 5) is 70.7. The van der Waals surface area contributed by atoms with Crippen LogP contribution in [0, 0.1) is 41.0 Å². The first-order chi connectivity index (χ1) is 43.7. The number of hydrogen-bond donors (Lipinski definition) is 3. The standard InChI is InChI=1S/C39H41N5O8S3.C24H29N5O8/c1-29-7-17-35(18-8-29)53(47,48)41-23-24-42(54(49,50)36-19-9-30(2)10-20-36)28-33-5-4-6-38(40-33)39(27-32-13-15-34(16-14-32)44(45)46)43(26-25-41)55(51,52)37-21-11-31(3)12-22-37;30-22(31)14-26-8-9-27(15-23(32)33)13-18-2-1-3-20(25-18)21(28(11-10-26)16-24(34)35)12-17-4-6-19(7-5-17)29(36)37/h4-22,39H,23-28H2,1-3H3;1-7,21H,8-16H2,(H,30,31)(H,32,33)(H,34,35). The fraction of sp³-hybridized carbons (Fsp3) is 0.317. The van der Waals surface area contributed by atoms with Crippen LogP contribution in [0.4, 0.5) is 11.4 Å². The summed E-state index contributed by atoms with van der Waals surface area (Å²) in [6.45, 7) is 4.38. The molecule has 2 aliphatic heterocycles. The van der Waals surface area contributed by atoms with Crippen molar-refractivity contribution in [2.24, 2.45) is 0 Å². The number of non-ortho nitro benzene ring substituents is 2. The first-order valence-corrected chi connectivity index (χ1v) is 33.4. The number of aryl methyl sites for hydroxylation is 3. The SMILES string of the molecule is Cc1ccc(S(=O)(=O)N2CCN(S(=O)(=O)c3ccc(C)cc3)Cc3cccc(n3)C(Cc3ccc([N+](=O)[O-])cc3)N(S(=O)(=O)c3ccc(C)cc3)CC2)cc1.O=C(O)CN1CCN(CC(=O)O)Cc2cccc(n2)C(Cc2ccc([N+](=O)[O-])cc2)N(CC(=O)O)CC1. The van der Waals surface area contributed by atoms with Gasteiger partial charge >= 0.3 is 17.9 Å². The van der Waals surface area contributed by atoms with Crippen LogP contribution in [0.5, 0.6) is 0 Å². The number of carboxylic acids is 3. The molecule has 2 atom stereocenters. The van der Waals surface area contributed by atoms with Crippen LogP contribution in [-0.4, -0.2) is 178 Å². The maximum absolute atomic E-state index is 14.7. The van der Waals surface area contributed by atoms with Gasteiger partial charge in [0.05, 0.1) is 85.6 Å². The molecule has 2 aromatic heterocycles. The van der Waals surface area contributed by atoms with Crippen LogP contribution in [0.2, 0.25) is 0 Å². The third-order valence-electron chi connectivity index (χ3n) is 15.6. The first kappa shape index (κ1) is 69.1. The Balaban J connectivity index is 0.000000256. The van der Waals surface area contributed by atoms with E-state index in [1.807, 2.05) is 20.8 Å². The smallest absolute Gasteiger partial charge is 0.317 e. The number of aliphatic carboxylic acids is 3. The lowest BCUT2D eigenvalue weighted by Crippen LogP contribution is -2.46. The number of pyridine rings is 2. The molecule has 9 rings (SSSR count). The molecule has 0 spiro atoms. The van der Waals surface area contributed by atoms with Gasteiger partial charge in [0.1, 0.15) is 0 Å². The van der Waals surface area contributed by atoms with Gasteiger partial charge in [-0.1, -0.05) is 89.5 Å². The normalized spacial score (nSPS) is 17.3. The highest BCUT2D eigenvalue weighted by atomic mass is 32.2. The maximum atomic E-state index is 14.7. The van der Waals surface area contributed by atoms with Crippen LogP contribution < -0.4 is 0 Å². The van der Waals surface area contributed by atoms with Gasteiger partial charge in [-0.3, -0.25) is 59.3 Å². The van der Waals surface area contributed by atoms with E-state index in [9.17, 15) is 75.2 Å². The van der Waals surface area contributed by atoms with E-state index in [-0.39, 0.29) is 123 Å². The minimum atomic E-state index is -4.34. The molecule has 4 heterocycles. The molecule has 0 saturated heterocycles. The van der Waals surface area contributed by atoms with Crippen molar-refractivity contribution in [2.45, 2.75) is 73.5 Å². The summed E-state index contributed by atoms with van der Waals surface area (Å²) in [5.41, 5.74) is 5.38. The molecule has 2 aliphatic rings. The number of rotatable bonds is 18. The van der Waals surface area contributed by atoms with Crippen molar-refractivity contribution in [1.82, 2.24) is 37.6 Å². The molecule has 0 fully saturated rings. The fourth-order valence-corrected chi connectivity index (χ4v) is 15.1. The first-order valence-electron chi connectivity index (χ1n) is 29.1. The van der Waals surface area contributed by atoms with Crippen molar-refractivity contribution in [2.75, 3.05) is 72.0 Å². The summed E-state index contributed by atoms with van der Waals surface area (Å²) in [6, 6.07) is 39.3. The second-order valence-electron chi connectivity index (χ2n) is 22.3. The van der Waals surface area contributed by atoms with Crippen molar-refractivity contribution >= 4 is 59.4 Å². The molecule has 0 saturated carbocycles. The van der Waals surface area contributed by atoms with Gasteiger partial charge in [-0.2, -0.15) is 12.9 Å². The molecule has 7 aromatic rings. The average Bonchev–Trinajstić information content (AvgIpc) is 0.803. The van der Waals surface area contributed by atoms with E-state index in [0.29, 0.717) is 29.1 Å². The highest BCUT2D eigenvalue weighted by Crippen LogP contribution is 2.33. The molecule has 5 aromatic carbocycles. The highest BCUT2D eigenvalue weighted by Gasteiger charge is 2.38. The maximum Gasteiger partial charge on any atom is 0.317 e. The summed E-state index contributed by atoms with van der Waals surface area (Å²) in [5, 5.41) is 50.8. The zero-order valence-corrected chi connectivity index (χ0v) is 53.1. The van der Waals surface area contributed by atoms with Crippen molar-refractivity contribution in [3.63, 3.8) is 0 Å². The zero-order chi connectivity index (χ0) is 66.5. The number of aromatic nitrogens is 2. The molecule has 92 heavy (non-hydrogen) atoms. The third-order valence-corrected chi connectivity index (χ3v) is 21.3. The Hall–Kier alpha value is -8.78. The number of sulfonamides is 3. The topological polar surface area (TPSA) is 346 Å². The molecule has 26 nitrogen and oxygen atoms in total. The Kier molecular flexibility index (Phi) is 23.0. The minimum absolute atomic E-state index is 0.00955. The highest BCUT2D eigenvalue weighted by molar-refractivity contribution is 7.89. The van der Waals surface area contributed by atoms with E-state index in [0.717, 1.165) is 26.6 Å². The molecule has 29 heteroatoms. The van der Waals surface area contributed by atoms with Gasteiger partial charge in [0.15, 0.2) is 0 Å². The van der Waals surface area contributed by atoms with E-state index in [2.05, 4.69) is 0 Å². The fourth-order valence-electron chi connectivity index (χ4n) is 10.7. The van der Waals surface area contributed by atoms with Gasteiger partial charge in [-0.05, 0) is 105 Å². The summed E-state index contributed by atoms with van der Waals surface area (Å²) in [5.74, 6) is -3.12. The Bertz CT molecular complexity index is 4110. The van der Waals surface area contributed by atoms with Crippen LogP contribution in [-0.2, 0) is 70.4 Å². The van der Waals surface area contributed by atoms with E-state index in [1.165, 1.54) is 69.3 Å². The molecular formula is C63H70N10O16S3. The predicted molar refractivity (Wildman–Crippen MR) is 338 cm³/mol. The van der Waals surface area contributed by atoms with Crippen LogP contribution in [0.25, 0.3) is 0 Å². The van der Waals surface area contributed by atoms with Crippen molar-refractivity contribution in [3.8, 4) is 0 Å². The Morgan fingerprint density at radius 2 is 0.826 bits per heavy atom. The van der Waals surface area contributed by atoms with Crippen molar-refractivity contribution in [1.29, 1.82) is 0 Å². The van der Waals surface area contributed by atoms with Gasteiger partial charge in [0, 0.05) is 83.2 Å². The second-order valence-corrected chi connectivity index (χ2v) is 28.1. The Morgan fingerprint density at radius 3 is 1.29 bits per heavy atom. The number of carbonyl (C=O) groups is 3. The lowest BCUT2D eigenvalue weighted by atomic mass is 10.00. The minimum Gasteiger partial charge on any atom is -0.480 e. The average molecular weight is 1320 g/mol. The molecule has 0 aliphatic carbocycles. The monoisotopic (exact) mass is 1320 g/mol. The van der Waals surface area contributed by atoms with Crippen LogP contribution in [0.3, 0.4) is 0 Å². The quantitative estimate of drug-likeness (QED) is 0.0592. The van der Waals surface area contributed by atoms with Gasteiger partial charge in [-0.15, -0.1) is 0 Å². The predicted octanol–water partition coefficient (Wildman–Crippen LogP) is 6.73. The van der Waals surface area contributed by atoms with E-state index in [4.69, 9.17) is 9.97 Å². The zero-order valence-electron chi connectivity index (χ0n) is 50.6. The van der Waals surface area contributed by atoms with E-state index >= 15 is 0 Å². The van der Waals surface area contributed by atoms with Crippen LogP contribution in [0.15, 0.2) is 172 Å². The van der Waals surface area contributed by atoms with Gasteiger partial charge in [0.25, 0.3) is 11.4 Å². The van der Waals surface area contributed by atoms with Gasteiger partial charge in [0.2, 0.25) is 30.1 Å². The Morgan fingerprint density at radius 1 is 0.446 bits per heavy atom. The van der Waals surface area contributed by atoms with E-state index < -0.39 is 69.9 Å². The molecule has 2 unspecified atom stereocenters. The molecule has 4 bridgehead atoms. The number of fused-ring (bicyclic) bond motifs is 4. The number of nitro groups is 2. The Labute approximate surface area is 533 Å². The molecule has 0 amide bonds. The molecule has 3 N–H and O–H groups in total. The number of nitrogens with zero attached hydrogens (tertiary/aromatic N) is 10. The van der Waals surface area contributed by atoms with Crippen LogP contribution in [0.1, 0.15) is 62.7 Å². The number of nitro benzene ring substituents is 2. The van der Waals surface area contributed by atoms with Gasteiger partial charge < -0.3 is 15.3 Å². The largest absolute Gasteiger partial charge is 0.480 e. The van der Waals surface area contributed by atoms with Crippen molar-refractivity contribution < 1.29 is 64.8 Å².